The van der Waals surface area contributed by atoms with Gasteiger partial charge in [-0.25, -0.2) is 9.18 Å². The van der Waals surface area contributed by atoms with Gasteiger partial charge in [-0.2, -0.15) is 0 Å². The lowest BCUT2D eigenvalue weighted by Gasteiger charge is -2.05. The zero-order valence-corrected chi connectivity index (χ0v) is 13.9. The predicted octanol–water partition coefficient (Wildman–Crippen LogP) is 4.45. The number of carbonyl (C=O) groups is 2. The maximum Gasteiger partial charge on any atom is 0.350 e. The molecule has 0 aliphatic carbocycles. The SMILES string of the molecule is COC(=O)c1sccc1NC(=O)c1sc2cccc(F)c2c1C. The molecule has 0 radical (unpaired) electrons. The van der Waals surface area contributed by atoms with Crippen molar-refractivity contribution in [3.8, 4) is 0 Å². The predicted molar refractivity (Wildman–Crippen MR) is 90.1 cm³/mol. The molecule has 3 rings (SSSR count). The summed E-state index contributed by atoms with van der Waals surface area (Å²) in [7, 11) is 1.28. The number of rotatable bonds is 3. The smallest absolute Gasteiger partial charge is 0.350 e. The van der Waals surface area contributed by atoms with E-state index < -0.39 is 5.97 Å². The largest absolute Gasteiger partial charge is 0.465 e. The van der Waals surface area contributed by atoms with Crippen LogP contribution in [0.2, 0.25) is 0 Å². The first kappa shape index (κ1) is 15.6. The number of hydrogen-bond donors (Lipinski definition) is 1. The maximum atomic E-state index is 13.9. The number of benzene rings is 1. The van der Waals surface area contributed by atoms with Gasteiger partial charge >= 0.3 is 5.97 Å². The molecule has 0 bridgehead atoms. The van der Waals surface area contributed by atoms with Gasteiger partial charge in [0.05, 0.1) is 17.7 Å². The first-order chi connectivity index (χ1) is 11.0. The van der Waals surface area contributed by atoms with Crippen LogP contribution < -0.4 is 5.32 Å². The Labute approximate surface area is 139 Å². The normalized spacial score (nSPS) is 10.7. The van der Waals surface area contributed by atoms with Crippen LogP contribution in [0.3, 0.4) is 0 Å². The molecule has 1 N–H and O–H groups in total. The lowest BCUT2D eigenvalue weighted by atomic mass is 10.1. The maximum absolute atomic E-state index is 13.9. The molecule has 7 heteroatoms. The summed E-state index contributed by atoms with van der Waals surface area (Å²) in [5.41, 5.74) is 0.986. The molecule has 23 heavy (non-hydrogen) atoms. The highest BCUT2D eigenvalue weighted by atomic mass is 32.1. The van der Waals surface area contributed by atoms with Crippen molar-refractivity contribution in [1.82, 2.24) is 0 Å². The molecule has 118 valence electrons. The van der Waals surface area contributed by atoms with Gasteiger partial charge in [-0.15, -0.1) is 22.7 Å². The summed E-state index contributed by atoms with van der Waals surface area (Å²) in [5.74, 6) is -1.22. The van der Waals surface area contributed by atoms with E-state index in [1.54, 1.807) is 30.5 Å². The second-order valence-electron chi connectivity index (χ2n) is 4.78. The number of halogens is 1. The third-order valence-corrected chi connectivity index (χ3v) is 5.54. The van der Waals surface area contributed by atoms with Gasteiger partial charge in [0.15, 0.2) is 0 Å². The zero-order chi connectivity index (χ0) is 16.6. The number of methoxy groups -OCH3 is 1. The van der Waals surface area contributed by atoms with E-state index in [2.05, 4.69) is 10.1 Å². The Morgan fingerprint density at radius 3 is 2.70 bits per heavy atom. The standard InChI is InChI=1S/C16H12FNO3S2/c1-8-12-9(17)4-3-5-11(12)23-13(8)15(19)18-10-6-7-22-14(10)16(20)21-2/h3-7H,1-2H3,(H,18,19). The molecule has 3 aromatic rings. The first-order valence-corrected chi connectivity index (χ1v) is 8.37. The van der Waals surface area contributed by atoms with Crippen LogP contribution >= 0.6 is 22.7 Å². The highest BCUT2D eigenvalue weighted by molar-refractivity contribution is 7.21. The molecule has 0 aliphatic heterocycles. The van der Waals surface area contributed by atoms with Crippen molar-refractivity contribution in [2.24, 2.45) is 0 Å². The minimum Gasteiger partial charge on any atom is -0.465 e. The molecule has 2 aromatic heterocycles. The van der Waals surface area contributed by atoms with E-state index in [1.807, 2.05) is 0 Å². The Kier molecular flexibility index (Phi) is 4.14. The first-order valence-electron chi connectivity index (χ1n) is 6.67. The van der Waals surface area contributed by atoms with E-state index in [0.29, 0.717) is 31.1 Å². The fourth-order valence-electron chi connectivity index (χ4n) is 2.31. The summed E-state index contributed by atoms with van der Waals surface area (Å²) in [6, 6.07) is 6.40. The van der Waals surface area contributed by atoms with Crippen LogP contribution in [0.4, 0.5) is 10.1 Å². The van der Waals surface area contributed by atoms with Crippen LogP contribution in [0.25, 0.3) is 10.1 Å². The van der Waals surface area contributed by atoms with Crippen molar-refractivity contribution in [2.75, 3.05) is 12.4 Å². The summed E-state index contributed by atoms with van der Waals surface area (Å²) in [5, 5.41) is 4.86. The number of fused-ring (bicyclic) bond motifs is 1. The van der Waals surface area contributed by atoms with Crippen molar-refractivity contribution in [1.29, 1.82) is 0 Å². The molecular weight excluding hydrogens is 337 g/mol. The minimum atomic E-state index is -0.505. The molecule has 0 atom stereocenters. The number of amides is 1. The highest BCUT2D eigenvalue weighted by Gasteiger charge is 2.20. The van der Waals surface area contributed by atoms with Gasteiger partial charge in [0.25, 0.3) is 5.91 Å². The molecule has 2 heterocycles. The average Bonchev–Trinajstić information content (AvgIpc) is 3.12. The molecule has 0 fully saturated rings. The van der Waals surface area contributed by atoms with Crippen LogP contribution in [0.15, 0.2) is 29.6 Å². The van der Waals surface area contributed by atoms with Gasteiger partial charge in [0.2, 0.25) is 0 Å². The van der Waals surface area contributed by atoms with Crippen molar-refractivity contribution >= 4 is 50.3 Å². The van der Waals surface area contributed by atoms with Crippen LogP contribution in [-0.4, -0.2) is 19.0 Å². The Morgan fingerprint density at radius 1 is 1.22 bits per heavy atom. The van der Waals surface area contributed by atoms with Crippen LogP contribution in [0, 0.1) is 12.7 Å². The van der Waals surface area contributed by atoms with Gasteiger partial charge < -0.3 is 10.1 Å². The minimum absolute atomic E-state index is 0.325. The summed E-state index contributed by atoms with van der Waals surface area (Å²) in [6.07, 6.45) is 0. The number of aryl methyl sites for hydroxylation is 1. The second kappa shape index (κ2) is 6.10. The molecule has 0 saturated carbocycles. The molecule has 0 unspecified atom stereocenters. The summed E-state index contributed by atoms with van der Waals surface area (Å²) in [6.45, 7) is 1.71. The van der Waals surface area contributed by atoms with Crippen molar-refractivity contribution in [3.63, 3.8) is 0 Å². The summed E-state index contributed by atoms with van der Waals surface area (Å²) < 4.78 is 19.3. The van der Waals surface area contributed by atoms with Gasteiger partial charge in [0, 0.05) is 10.1 Å². The fourth-order valence-corrected chi connectivity index (χ4v) is 4.19. The lowest BCUT2D eigenvalue weighted by Crippen LogP contribution is -2.13. The Balaban J connectivity index is 1.96. The van der Waals surface area contributed by atoms with Crippen molar-refractivity contribution in [2.45, 2.75) is 6.92 Å². The third kappa shape index (κ3) is 2.73. The molecule has 0 spiro atoms. The van der Waals surface area contributed by atoms with Gasteiger partial charge in [0.1, 0.15) is 10.7 Å². The van der Waals surface area contributed by atoms with E-state index in [1.165, 1.54) is 35.8 Å². The summed E-state index contributed by atoms with van der Waals surface area (Å²) in [4.78, 5) is 24.9. The topological polar surface area (TPSA) is 55.4 Å². The number of esters is 1. The van der Waals surface area contributed by atoms with Gasteiger partial charge in [-0.3, -0.25) is 4.79 Å². The molecule has 4 nitrogen and oxygen atoms in total. The monoisotopic (exact) mass is 349 g/mol. The molecule has 0 saturated heterocycles. The number of carbonyl (C=O) groups excluding carboxylic acids is 2. The van der Waals surface area contributed by atoms with Gasteiger partial charge in [-0.1, -0.05) is 6.07 Å². The Morgan fingerprint density at radius 2 is 2.00 bits per heavy atom. The van der Waals surface area contributed by atoms with E-state index >= 15 is 0 Å². The van der Waals surface area contributed by atoms with Crippen molar-refractivity contribution in [3.05, 3.63) is 50.8 Å². The molecule has 1 aromatic carbocycles. The van der Waals surface area contributed by atoms with E-state index in [9.17, 15) is 14.0 Å². The Bertz CT molecular complexity index is 913. The van der Waals surface area contributed by atoms with E-state index in [4.69, 9.17) is 0 Å². The lowest BCUT2D eigenvalue weighted by molar-refractivity contribution is 0.0607. The molecular formula is C16H12FNO3S2. The average molecular weight is 349 g/mol. The number of hydrogen-bond acceptors (Lipinski definition) is 5. The third-order valence-electron chi connectivity index (χ3n) is 3.39. The second-order valence-corrected chi connectivity index (χ2v) is 6.75. The van der Waals surface area contributed by atoms with Crippen LogP contribution in [0.5, 0.6) is 0 Å². The number of thiophene rings is 2. The number of anilines is 1. The van der Waals surface area contributed by atoms with Gasteiger partial charge in [-0.05, 0) is 36.1 Å². The van der Waals surface area contributed by atoms with Crippen molar-refractivity contribution < 1.29 is 18.7 Å². The molecule has 1 amide bonds. The highest BCUT2D eigenvalue weighted by Crippen LogP contribution is 2.33. The van der Waals surface area contributed by atoms with E-state index in [-0.39, 0.29) is 11.7 Å². The van der Waals surface area contributed by atoms with Crippen LogP contribution in [-0.2, 0) is 4.74 Å². The summed E-state index contributed by atoms with van der Waals surface area (Å²) >= 11 is 2.41. The van der Waals surface area contributed by atoms with Crippen LogP contribution in [0.1, 0.15) is 24.9 Å². The van der Waals surface area contributed by atoms with E-state index in [0.717, 1.165) is 0 Å². The fraction of sp³-hybridized carbons (Fsp3) is 0.125. The molecule has 0 aliphatic rings. The number of ether oxygens (including phenoxy) is 1. The number of nitrogens with one attached hydrogen (secondary N) is 1. The Hall–Kier alpha value is -2.25. The quantitative estimate of drug-likeness (QED) is 0.711. The zero-order valence-electron chi connectivity index (χ0n) is 12.3.